The fourth-order valence-electron chi connectivity index (χ4n) is 5.22. The van der Waals surface area contributed by atoms with E-state index in [0.717, 1.165) is 41.4 Å². The molecule has 37 heavy (non-hydrogen) atoms. The Labute approximate surface area is 211 Å². The van der Waals surface area contributed by atoms with E-state index in [0.29, 0.717) is 36.8 Å². The van der Waals surface area contributed by atoms with E-state index in [1.54, 1.807) is 11.1 Å². The lowest BCUT2D eigenvalue weighted by atomic mass is 9.74. The maximum absolute atomic E-state index is 13.7. The summed E-state index contributed by atoms with van der Waals surface area (Å²) in [6, 6.07) is 1.59. The molecule has 2 aliphatic heterocycles. The number of amides is 2. The van der Waals surface area contributed by atoms with Gasteiger partial charge in [-0.15, -0.1) is 0 Å². The summed E-state index contributed by atoms with van der Waals surface area (Å²) < 4.78 is 60.8. The number of urea groups is 1. The molecule has 2 aromatic heterocycles. The zero-order chi connectivity index (χ0) is 26.7. The van der Waals surface area contributed by atoms with Gasteiger partial charge in [0, 0.05) is 35.8 Å². The number of carbonyl (C=O) groups excluding carboxylic acids is 1. The molecule has 7 nitrogen and oxygen atoms in total. The second kappa shape index (κ2) is 8.88. The van der Waals surface area contributed by atoms with Gasteiger partial charge in [0.1, 0.15) is 11.5 Å². The van der Waals surface area contributed by atoms with Gasteiger partial charge >= 0.3 is 12.2 Å². The SMILES string of the molecule is CCC(C)(C)C1Cc2cnoc2-c2c3c(nn2C1)C[C@@H](C)N(C(=O)Nc1ccc(F)c(C(F)(F)F)c1)C3. The lowest BCUT2D eigenvalue weighted by Gasteiger charge is -2.33. The van der Waals surface area contributed by atoms with Crippen LogP contribution in [0.15, 0.2) is 28.9 Å². The third kappa shape index (κ3) is 4.48. The summed E-state index contributed by atoms with van der Waals surface area (Å²) in [7, 11) is 0. The monoisotopic (exact) mass is 519 g/mol. The molecule has 2 amide bonds. The molecule has 2 atom stereocenters. The van der Waals surface area contributed by atoms with Gasteiger partial charge in [0.2, 0.25) is 0 Å². The van der Waals surface area contributed by atoms with Gasteiger partial charge in [-0.3, -0.25) is 4.68 Å². The highest BCUT2D eigenvalue weighted by Crippen LogP contribution is 2.42. The lowest BCUT2D eigenvalue weighted by molar-refractivity contribution is -0.139. The zero-order valence-corrected chi connectivity index (χ0v) is 21.1. The zero-order valence-electron chi connectivity index (χ0n) is 21.1. The van der Waals surface area contributed by atoms with Gasteiger partial charge < -0.3 is 14.7 Å². The second-order valence-corrected chi connectivity index (χ2v) is 10.7. The molecular formula is C26H29F4N5O2. The molecule has 4 heterocycles. The first-order chi connectivity index (χ1) is 17.4. The lowest BCUT2D eigenvalue weighted by Crippen LogP contribution is -2.44. The van der Waals surface area contributed by atoms with E-state index in [9.17, 15) is 22.4 Å². The molecule has 0 radical (unpaired) electrons. The third-order valence-electron chi connectivity index (χ3n) is 8.00. The van der Waals surface area contributed by atoms with Crippen LogP contribution in [0.2, 0.25) is 0 Å². The van der Waals surface area contributed by atoms with Crippen molar-refractivity contribution < 1.29 is 26.9 Å². The van der Waals surface area contributed by atoms with Crippen LogP contribution >= 0.6 is 0 Å². The number of hydrogen-bond acceptors (Lipinski definition) is 4. The van der Waals surface area contributed by atoms with Gasteiger partial charge in [-0.05, 0) is 42.9 Å². The molecule has 0 aliphatic carbocycles. The molecule has 0 bridgehead atoms. The summed E-state index contributed by atoms with van der Waals surface area (Å²) in [5, 5.41) is 11.5. The molecule has 0 spiro atoms. The summed E-state index contributed by atoms with van der Waals surface area (Å²) in [6.07, 6.45) is -0.854. The standard InChI is InChI=1S/C26H29F4N5O2/c1-5-25(3,4)16-9-15-11-31-37-23(15)22-18-13-34(14(2)8-21(18)33-35(22)12-16)24(36)32-17-6-7-20(27)19(10-17)26(28,29)30/h6-7,10-11,14,16H,5,8-9,12-13H2,1-4H3,(H,32,36)/t14-,16?/m1/s1. The van der Waals surface area contributed by atoms with Gasteiger partial charge in [0.25, 0.3) is 0 Å². The minimum atomic E-state index is -4.87. The average molecular weight is 520 g/mol. The highest BCUT2D eigenvalue weighted by Gasteiger charge is 2.39. The van der Waals surface area contributed by atoms with E-state index in [1.807, 2.05) is 11.6 Å². The van der Waals surface area contributed by atoms with E-state index >= 15 is 0 Å². The number of carbonyl (C=O) groups is 1. The second-order valence-electron chi connectivity index (χ2n) is 10.7. The average Bonchev–Trinajstić information content (AvgIpc) is 3.37. The summed E-state index contributed by atoms with van der Waals surface area (Å²) in [5.41, 5.74) is 2.00. The van der Waals surface area contributed by atoms with Crippen LogP contribution < -0.4 is 5.32 Å². The Hall–Kier alpha value is -3.37. The van der Waals surface area contributed by atoms with E-state index in [1.165, 1.54) is 0 Å². The Bertz CT molecular complexity index is 1340. The number of nitrogens with one attached hydrogen (secondary N) is 1. The largest absolute Gasteiger partial charge is 0.419 e. The molecular weight excluding hydrogens is 490 g/mol. The minimum absolute atomic E-state index is 0.0618. The molecule has 3 aromatic rings. The van der Waals surface area contributed by atoms with Crippen molar-refractivity contribution in [1.82, 2.24) is 19.8 Å². The number of rotatable bonds is 3. The van der Waals surface area contributed by atoms with Crippen LogP contribution in [0, 0.1) is 17.2 Å². The number of aromatic nitrogens is 3. The van der Waals surface area contributed by atoms with Crippen LogP contribution in [0.4, 0.5) is 28.0 Å². The summed E-state index contributed by atoms with van der Waals surface area (Å²) in [6.45, 7) is 9.42. The Morgan fingerprint density at radius 3 is 2.70 bits per heavy atom. The number of benzene rings is 1. The summed E-state index contributed by atoms with van der Waals surface area (Å²) >= 11 is 0. The predicted octanol–water partition coefficient (Wildman–Crippen LogP) is 6.28. The Kier molecular flexibility index (Phi) is 6.07. The van der Waals surface area contributed by atoms with Crippen molar-refractivity contribution in [2.45, 2.75) is 72.3 Å². The molecule has 11 heteroatoms. The first kappa shape index (κ1) is 25.3. The first-order valence-corrected chi connectivity index (χ1v) is 12.4. The predicted molar refractivity (Wildman–Crippen MR) is 128 cm³/mol. The van der Waals surface area contributed by atoms with Crippen LogP contribution in [-0.2, 0) is 32.1 Å². The number of fused-ring (bicyclic) bond motifs is 5. The number of nitrogens with zero attached hydrogens (tertiary/aromatic N) is 4. The smallest absolute Gasteiger partial charge is 0.354 e. The van der Waals surface area contributed by atoms with Crippen LogP contribution in [0.1, 0.15) is 56.5 Å². The van der Waals surface area contributed by atoms with Crippen molar-refractivity contribution in [2.24, 2.45) is 11.3 Å². The Balaban J connectivity index is 1.46. The maximum Gasteiger partial charge on any atom is 0.419 e. The van der Waals surface area contributed by atoms with Gasteiger partial charge in [0.05, 0.1) is 24.0 Å². The van der Waals surface area contributed by atoms with Crippen LogP contribution in [0.5, 0.6) is 0 Å². The third-order valence-corrected chi connectivity index (χ3v) is 8.00. The summed E-state index contributed by atoms with van der Waals surface area (Å²) in [5.74, 6) is -0.445. The van der Waals surface area contributed by atoms with Crippen molar-refractivity contribution in [2.75, 3.05) is 5.32 Å². The molecule has 5 rings (SSSR count). The van der Waals surface area contributed by atoms with Crippen molar-refractivity contribution in [1.29, 1.82) is 0 Å². The number of halogens is 4. The van der Waals surface area contributed by atoms with Crippen molar-refractivity contribution >= 4 is 11.7 Å². The topological polar surface area (TPSA) is 76.2 Å². The van der Waals surface area contributed by atoms with E-state index in [-0.39, 0.29) is 23.7 Å². The van der Waals surface area contributed by atoms with Gasteiger partial charge in [-0.1, -0.05) is 32.3 Å². The molecule has 0 saturated heterocycles. The highest BCUT2D eigenvalue weighted by molar-refractivity contribution is 5.90. The first-order valence-electron chi connectivity index (χ1n) is 12.4. The van der Waals surface area contributed by atoms with Crippen molar-refractivity contribution in [3.63, 3.8) is 0 Å². The molecule has 2 aliphatic rings. The van der Waals surface area contributed by atoms with Crippen LogP contribution in [0.25, 0.3) is 11.5 Å². The number of hydrogen-bond donors (Lipinski definition) is 1. The Morgan fingerprint density at radius 1 is 1.24 bits per heavy atom. The molecule has 0 fully saturated rings. The number of alkyl halides is 3. The normalized spacial score (nSPS) is 19.6. The van der Waals surface area contributed by atoms with E-state index in [4.69, 9.17) is 9.62 Å². The summed E-state index contributed by atoms with van der Waals surface area (Å²) in [4.78, 5) is 14.7. The Morgan fingerprint density at radius 2 is 2.00 bits per heavy atom. The van der Waals surface area contributed by atoms with Crippen molar-refractivity contribution in [3.05, 3.63) is 52.6 Å². The highest BCUT2D eigenvalue weighted by atomic mass is 19.4. The molecule has 1 aromatic carbocycles. The maximum atomic E-state index is 13.7. The minimum Gasteiger partial charge on any atom is -0.354 e. The quantitative estimate of drug-likeness (QED) is 0.413. The van der Waals surface area contributed by atoms with Gasteiger partial charge in [-0.25, -0.2) is 9.18 Å². The molecule has 198 valence electrons. The fraction of sp³-hybridized carbons (Fsp3) is 0.500. The van der Waals surface area contributed by atoms with Crippen LogP contribution in [-0.4, -0.2) is 31.9 Å². The van der Waals surface area contributed by atoms with Gasteiger partial charge in [0.15, 0.2) is 5.76 Å². The van der Waals surface area contributed by atoms with E-state index < -0.39 is 23.6 Å². The van der Waals surface area contributed by atoms with Gasteiger partial charge in [-0.2, -0.15) is 18.3 Å². The fourth-order valence-corrected chi connectivity index (χ4v) is 5.22. The molecule has 1 N–H and O–H groups in total. The molecule has 1 unspecified atom stereocenters. The van der Waals surface area contributed by atoms with E-state index in [2.05, 4.69) is 31.2 Å². The van der Waals surface area contributed by atoms with Crippen molar-refractivity contribution in [3.8, 4) is 11.5 Å². The molecule has 0 saturated carbocycles. The number of anilines is 1. The van der Waals surface area contributed by atoms with Crippen LogP contribution in [0.3, 0.4) is 0 Å².